The molecule has 2 aromatic rings. The number of hydrogen-bond acceptors (Lipinski definition) is 4. The molecule has 162 valence electrons. The number of nitrogens with zero attached hydrogens (tertiary/aromatic N) is 4. The zero-order valence-electron chi connectivity index (χ0n) is 17.7. The fourth-order valence-corrected chi connectivity index (χ4v) is 3.48. The molecule has 0 saturated carbocycles. The van der Waals surface area contributed by atoms with Crippen LogP contribution in [0.15, 0.2) is 35.6 Å². The zero-order chi connectivity index (χ0) is 21.5. The predicted octanol–water partition coefficient (Wildman–Crippen LogP) is 2.61. The van der Waals surface area contributed by atoms with E-state index in [1.54, 1.807) is 41.9 Å². The number of aromatic nitrogens is 2. The van der Waals surface area contributed by atoms with Crippen molar-refractivity contribution in [3.8, 4) is 5.69 Å². The van der Waals surface area contributed by atoms with Crippen molar-refractivity contribution in [1.29, 1.82) is 0 Å². The Morgan fingerprint density at radius 2 is 2.13 bits per heavy atom. The average Bonchev–Trinajstić information content (AvgIpc) is 3.17. The Kier molecular flexibility index (Phi) is 7.26. The summed E-state index contributed by atoms with van der Waals surface area (Å²) in [6, 6.07) is 5.37. The Balaban J connectivity index is 1.51. The topological polar surface area (TPSA) is 83.8 Å². The predicted molar refractivity (Wildman–Crippen MR) is 113 cm³/mol. The van der Waals surface area contributed by atoms with E-state index in [1.807, 2.05) is 13.0 Å². The molecule has 1 amide bonds. The van der Waals surface area contributed by atoms with Gasteiger partial charge < -0.3 is 24.8 Å². The summed E-state index contributed by atoms with van der Waals surface area (Å²) < 4.78 is 21.3. The minimum Gasteiger partial charge on any atom is -0.450 e. The molecule has 30 heavy (non-hydrogen) atoms. The van der Waals surface area contributed by atoms with Crippen LogP contribution in [0.3, 0.4) is 0 Å². The van der Waals surface area contributed by atoms with Crippen LogP contribution < -0.4 is 10.6 Å². The number of likely N-dealkylation sites (tertiary alicyclic amines) is 1. The first-order valence-electron chi connectivity index (χ1n) is 10.2. The summed E-state index contributed by atoms with van der Waals surface area (Å²) in [6.07, 6.45) is 4.76. The molecule has 1 saturated heterocycles. The van der Waals surface area contributed by atoms with Crippen molar-refractivity contribution in [2.75, 3.05) is 26.7 Å². The zero-order valence-corrected chi connectivity index (χ0v) is 17.7. The minimum absolute atomic E-state index is 0.213. The SMILES string of the molecule is CCOC(=O)N1CCC(NC(=NC)NCc2ccc(-n3ccnc3C)c(F)c2)CC1. The minimum atomic E-state index is -0.301. The third-order valence-electron chi connectivity index (χ3n) is 5.14. The number of imidazole rings is 1. The monoisotopic (exact) mass is 416 g/mol. The van der Waals surface area contributed by atoms with E-state index in [4.69, 9.17) is 4.74 Å². The van der Waals surface area contributed by atoms with Gasteiger partial charge in [-0.2, -0.15) is 0 Å². The van der Waals surface area contributed by atoms with Gasteiger partial charge >= 0.3 is 6.09 Å². The van der Waals surface area contributed by atoms with E-state index in [1.165, 1.54) is 6.07 Å². The third kappa shape index (κ3) is 5.28. The van der Waals surface area contributed by atoms with E-state index in [0.29, 0.717) is 37.9 Å². The molecule has 1 fully saturated rings. The summed E-state index contributed by atoms with van der Waals surface area (Å²) in [4.78, 5) is 21.9. The molecule has 1 aromatic heterocycles. The number of carbonyl (C=O) groups is 1. The molecule has 1 aromatic carbocycles. The lowest BCUT2D eigenvalue weighted by molar-refractivity contribution is 0.0963. The molecule has 1 aliphatic heterocycles. The van der Waals surface area contributed by atoms with Crippen molar-refractivity contribution >= 4 is 12.1 Å². The first kappa shape index (κ1) is 21.6. The molecule has 0 unspecified atom stereocenters. The second-order valence-corrected chi connectivity index (χ2v) is 7.16. The summed E-state index contributed by atoms with van der Waals surface area (Å²) in [5.41, 5.74) is 1.29. The number of aryl methyl sites for hydroxylation is 1. The van der Waals surface area contributed by atoms with Crippen molar-refractivity contribution in [2.45, 2.75) is 39.3 Å². The molecule has 0 atom stereocenters. The Bertz CT molecular complexity index is 889. The Morgan fingerprint density at radius 1 is 1.37 bits per heavy atom. The number of piperidine rings is 1. The fourth-order valence-electron chi connectivity index (χ4n) is 3.48. The van der Waals surface area contributed by atoms with Crippen LogP contribution in [0, 0.1) is 12.7 Å². The third-order valence-corrected chi connectivity index (χ3v) is 5.14. The van der Waals surface area contributed by atoms with Crippen LogP contribution in [0.25, 0.3) is 5.69 Å². The smallest absolute Gasteiger partial charge is 0.409 e. The molecule has 8 nitrogen and oxygen atoms in total. The van der Waals surface area contributed by atoms with Gasteiger partial charge in [0.2, 0.25) is 0 Å². The van der Waals surface area contributed by atoms with Crippen LogP contribution in [-0.2, 0) is 11.3 Å². The second-order valence-electron chi connectivity index (χ2n) is 7.16. The van der Waals surface area contributed by atoms with Crippen LogP contribution in [0.1, 0.15) is 31.2 Å². The number of halogens is 1. The number of aliphatic imine (C=N–C) groups is 1. The van der Waals surface area contributed by atoms with E-state index in [-0.39, 0.29) is 18.0 Å². The fraction of sp³-hybridized carbons (Fsp3) is 0.476. The van der Waals surface area contributed by atoms with Gasteiger partial charge in [-0.05, 0) is 44.4 Å². The molecule has 2 heterocycles. The molecule has 0 radical (unpaired) electrons. The van der Waals surface area contributed by atoms with E-state index >= 15 is 0 Å². The van der Waals surface area contributed by atoms with Crippen LogP contribution in [0.5, 0.6) is 0 Å². The second kappa shape index (κ2) is 10.1. The molecule has 9 heteroatoms. The van der Waals surface area contributed by atoms with Crippen LogP contribution >= 0.6 is 0 Å². The van der Waals surface area contributed by atoms with Gasteiger partial charge in [0, 0.05) is 45.1 Å². The summed E-state index contributed by atoms with van der Waals surface area (Å²) in [6.45, 7) is 5.77. The van der Waals surface area contributed by atoms with Gasteiger partial charge in [0.05, 0.1) is 12.3 Å². The molecular weight excluding hydrogens is 387 g/mol. The Hall–Kier alpha value is -3.10. The first-order valence-corrected chi connectivity index (χ1v) is 10.2. The lowest BCUT2D eigenvalue weighted by Crippen LogP contribution is -2.49. The normalized spacial score (nSPS) is 15.2. The number of rotatable bonds is 5. The van der Waals surface area contributed by atoms with E-state index in [9.17, 15) is 9.18 Å². The quantitative estimate of drug-likeness (QED) is 0.578. The van der Waals surface area contributed by atoms with Crippen molar-refractivity contribution in [1.82, 2.24) is 25.1 Å². The summed E-state index contributed by atoms with van der Waals surface area (Å²) >= 11 is 0. The highest BCUT2D eigenvalue weighted by Gasteiger charge is 2.24. The van der Waals surface area contributed by atoms with Crippen LogP contribution in [-0.4, -0.2) is 59.3 Å². The van der Waals surface area contributed by atoms with Crippen molar-refractivity contribution < 1.29 is 13.9 Å². The largest absolute Gasteiger partial charge is 0.450 e. The standard InChI is InChI=1S/C21H29FN6O2/c1-4-30-21(29)27-10-7-17(8-11-27)26-20(23-3)25-14-16-5-6-19(18(22)13-16)28-12-9-24-15(28)2/h5-6,9,12-13,17H,4,7-8,10-11,14H2,1-3H3,(H2,23,25,26). The lowest BCUT2D eigenvalue weighted by Gasteiger charge is -2.32. The molecular formula is C21H29FN6O2. The number of amides is 1. The maximum atomic E-state index is 14.6. The maximum absolute atomic E-state index is 14.6. The number of benzene rings is 1. The average molecular weight is 417 g/mol. The number of ether oxygens (including phenoxy) is 1. The van der Waals surface area contributed by atoms with Crippen molar-refractivity contribution in [3.05, 3.63) is 47.8 Å². The van der Waals surface area contributed by atoms with E-state index in [0.717, 1.165) is 24.2 Å². The van der Waals surface area contributed by atoms with Gasteiger partial charge in [-0.15, -0.1) is 0 Å². The highest BCUT2D eigenvalue weighted by molar-refractivity contribution is 5.80. The Labute approximate surface area is 176 Å². The molecule has 0 aliphatic carbocycles. The highest BCUT2D eigenvalue weighted by atomic mass is 19.1. The van der Waals surface area contributed by atoms with Gasteiger partial charge in [0.25, 0.3) is 0 Å². The van der Waals surface area contributed by atoms with E-state index < -0.39 is 0 Å². The van der Waals surface area contributed by atoms with Crippen molar-refractivity contribution in [3.63, 3.8) is 0 Å². The maximum Gasteiger partial charge on any atom is 0.409 e. The lowest BCUT2D eigenvalue weighted by atomic mass is 10.1. The van der Waals surface area contributed by atoms with Gasteiger partial charge in [0.1, 0.15) is 11.6 Å². The summed E-state index contributed by atoms with van der Waals surface area (Å²) in [5, 5.41) is 6.61. The van der Waals surface area contributed by atoms with Crippen LogP contribution in [0.4, 0.5) is 9.18 Å². The molecule has 2 N–H and O–H groups in total. The van der Waals surface area contributed by atoms with Gasteiger partial charge in [0.15, 0.2) is 5.96 Å². The molecule has 0 spiro atoms. The van der Waals surface area contributed by atoms with Crippen molar-refractivity contribution in [2.24, 2.45) is 4.99 Å². The highest BCUT2D eigenvalue weighted by Crippen LogP contribution is 2.17. The number of carbonyl (C=O) groups excluding carboxylic acids is 1. The summed E-state index contributed by atoms with van der Waals surface area (Å²) in [5.74, 6) is 1.09. The number of hydrogen-bond donors (Lipinski definition) is 2. The first-order chi connectivity index (χ1) is 14.5. The van der Waals surface area contributed by atoms with Gasteiger partial charge in [-0.1, -0.05) is 6.07 Å². The summed E-state index contributed by atoms with van der Waals surface area (Å²) in [7, 11) is 1.70. The van der Waals surface area contributed by atoms with Crippen LogP contribution in [0.2, 0.25) is 0 Å². The molecule has 0 bridgehead atoms. The molecule has 1 aliphatic rings. The molecule has 3 rings (SSSR count). The van der Waals surface area contributed by atoms with E-state index in [2.05, 4.69) is 20.6 Å². The van der Waals surface area contributed by atoms with Gasteiger partial charge in [-0.3, -0.25) is 4.99 Å². The number of nitrogens with one attached hydrogen (secondary N) is 2. The van der Waals surface area contributed by atoms with Gasteiger partial charge in [-0.25, -0.2) is 14.2 Å². The Morgan fingerprint density at radius 3 is 2.73 bits per heavy atom. The number of guanidine groups is 1.